The van der Waals surface area contributed by atoms with Crippen molar-refractivity contribution in [2.45, 2.75) is 13.8 Å². The zero-order valence-electron chi connectivity index (χ0n) is 13.3. The molecule has 3 heteroatoms. The Labute approximate surface area is 150 Å². The van der Waals surface area contributed by atoms with E-state index in [1.54, 1.807) is 0 Å². The number of rotatable bonds is 3. The monoisotopic (exact) mass is 379 g/mol. The topological polar surface area (TPSA) is 0 Å². The standard InChI is InChI=1S/C20H18BrP.B/c1-15-13-19(21)20(14-16(15)2)22(17-9-5-3-6-10-17)18-11-7-4-8-12-18;/h3-14H,1-2H3;. The highest BCUT2D eigenvalue weighted by Gasteiger charge is 2.19. The fourth-order valence-electron chi connectivity index (χ4n) is 2.52. The van der Waals surface area contributed by atoms with E-state index in [1.165, 1.54) is 31.5 Å². The first-order valence-electron chi connectivity index (χ1n) is 7.34. The van der Waals surface area contributed by atoms with Gasteiger partial charge in [0.25, 0.3) is 0 Å². The third-order valence-electron chi connectivity index (χ3n) is 3.83. The normalized spacial score (nSPS) is 10.4. The van der Waals surface area contributed by atoms with Gasteiger partial charge in [-0.2, -0.15) is 0 Å². The maximum Gasteiger partial charge on any atom is 0.0261 e. The van der Waals surface area contributed by atoms with Crippen LogP contribution in [-0.4, -0.2) is 8.41 Å². The predicted octanol–water partition coefficient (Wildman–Crippen LogP) is 4.44. The zero-order chi connectivity index (χ0) is 15.5. The molecule has 3 aromatic rings. The van der Waals surface area contributed by atoms with Crippen LogP contribution in [0.3, 0.4) is 0 Å². The minimum atomic E-state index is -0.542. The van der Waals surface area contributed by atoms with E-state index in [9.17, 15) is 0 Å². The second-order valence-corrected chi connectivity index (χ2v) is 8.43. The Hall–Kier alpha value is -1.37. The largest absolute Gasteiger partial charge is 0.0622 e. The number of benzene rings is 3. The summed E-state index contributed by atoms with van der Waals surface area (Å²) >= 11 is 3.79. The van der Waals surface area contributed by atoms with Crippen molar-refractivity contribution >= 4 is 48.2 Å². The molecular formula is C20H18BBrP. The van der Waals surface area contributed by atoms with Crippen molar-refractivity contribution in [3.8, 4) is 0 Å². The fourth-order valence-corrected chi connectivity index (χ4v) is 5.90. The van der Waals surface area contributed by atoms with Crippen molar-refractivity contribution < 1.29 is 0 Å². The molecule has 0 aliphatic carbocycles. The first kappa shape index (κ1) is 18.0. The molecule has 3 radical (unpaired) electrons. The molecule has 0 bridgehead atoms. The van der Waals surface area contributed by atoms with Gasteiger partial charge in [0.15, 0.2) is 0 Å². The average molecular weight is 380 g/mol. The maximum absolute atomic E-state index is 3.79. The van der Waals surface area contributed by atoms with E-state index in [4.69, 9.17) is 0 Å². The molecule has 0 fully saturated rings. The number of aryl methyl sites for hydroxylation is 2. The molecule has 0 saturated heterocycles. The van der Waals surface area contributed by atoms with Crippen LogP contribution in [-0.2, 0) is 0 Å². The van der Waals surface area contributed by atoms with E-state index < -0.39 is 7.92 Å². The lowest BCUT2D eigenvalue weighted by molar-refractivity contribution is 1.34. The Morgan fingerprint density at radius 2 is 1.13 bits per heavy atom. The first-order valence-corrected chi connectivity index (χ1v) is 9.47. The highest BCUT2D eigenvalue weighted by molar-refractivity contribution is 9.10. The molecule has 3 rings (SSSR count). The van der Waals surface area contributed by atoms with Crippen molar-refractivity contribution in [1.82, 2.24) is 0 Å². The fraction of sp³-hybridized carbons (Fsp3) is 0.100. The van der Waals surface area contributed by atoms with Gasteiger partial charge in [-0.3, -0.25) is 0 Å². The van der Waals surface area contributed by atoms with Crippen molar-refractivity contribution in [3.63, 3.8) is 0 Å². The highest BCUT2D eigenvalue weighted by atomic mass is 79.9. The molecule has 0 atom stereocenters. The van der Waals surface area contributed by atoms with Gasteiger partial charge in [0.2, 0.25) is 0 Å². The van der Waals surface area contributed by atoms with E-state index >= 15 is 0 Å². The van der Waals surface area contributed by atoms with Crippen LogP contribution < -0.4 is 15.9 Å². The number of hydrogen-bond acceptors (Lipinski definition) is 0. The molecule has 0 heterocycles. The van der Waals surface area contributed by atoms with Gasteiger partial charge in [0.1, 0.15) is 0 Å². The SMILES string of the molecule is Cc1cc(Br)c(P(c2ccccc2)c2ccccc2)cc1C.[B]. The highest BCUT2D eigenvalue weighted by Crippen LogP contribution is 2.36. The van der Waals surface area contributed by atoms with E-state index in [1.807, 2.05) is 0 Å². The van der Waals surface area contributed by atoms with Crippen LogP contribution in [0.25, 0.3) is 0 Å². The molecule has 0 aliphatic rings. The molecular weight excluding hydrogens is 362 g/mol. The molecule has 3 aromatic carbocycles. The summed E-state index contributed by atoms with van der Waals surface area (Å²) < 4.78 is 1.20. The molecule has 0 unspecified atom stereocenters. The van der Waals surface area contributed by atoms with E-state index in [0.717, 1.165) is 0 Å². The van der Waals surface area contributed by atoms with Crippen LogP contribution in [0.1, 0.15) is 11.1 Å². The van der Waals surface area contributed by atoms with Crippen LogP contribution >= 0.6 is 23.9 Å². The molecule has 0 nitrogen and oxygen atoms in total. The van der Waals surface area contributed by atoms with Gasteiger partial charge in [-0.15, -0.1) is 0 Å². The van der Waals surface area contributed by atoms with Crippen LogP contribution in [0.15, 0.2) is 77.3 Å². The molecule has 0 aromatic heterocycles. The van der Waals surface area contributed by atoms with E-state index in [2.05, 4.69) is 103 Å². The number of halogens is 1. The third kappa shape index (κ3) is 3.94. The minimum absolute atomic E-state index is 0. The second kappa shape index (κ2) is 7.95. The molecule has 0 spiro atoms. The van der Waals surface area contributed by atoms with E-state index in [0.29, 0.717) is 0 Å². The van der Waals surface area contributed by atoms with Crippen LogP contribution in [0.4, 0.5) is 0 Å². The smallest absolute Gasteiger partial charge is 0.0261 e. The summed E-state index contributed by atoms with van der Waals surface area (Å²) in [6.45, 7) is 4.35. The predicted molar refractivity (Wildman–Crippen MR) is 108 cm³/mol. The molecule has 0 saturated carbocycles. The molecule has 0 N–H and O–H groups in total. The quantitative estimate of drug-likeness (QED) is 0.466. The minimum Gasteiger partial charge on any atom is -0.0622 e. The van der Waals surface area contributed by atoms with Gasteiger partial charge < -0.3 is 0 Å². The Morgan fingerprint density at radius 3 is 1.61 bits per heavy atom. The van der Waals surface area contributed by atoms with Crippen molar-refractivity contribution in [2.75, 3.05) is 0 Å². The van der Waals surface area contributed by atoms with E-state index in [-0.39, 0.29) is 8.41 Å². The van der Waals surface area contributed by atoms with Gasteiger partial charge in [-0.25, -0.2) is 0 Å². The summed E-state index contributed by atoms with van der Waals surface area (Å²) in [4.78, 5) is 0. The second-order valence-electron chi connectivity index (χ2n) is 5.39. The van der Waals surface area contributed by atoms with Crippen molar-refractivity contribution in [1.29, 1.82) is 0 Å². The van der Waals surface area contributed by atoms with Crippen LogP contribution in [0, 0.1) is 13.8 Å². The summed E-state index contributed by atoms with van der Waals surface area (Å²) in [7, 11) is -0.542. The lowest BCUT2D eigenvalue weighted by Crippen LogP contribution is -2.22. The van der Waals surface area contributed by atoms with Crippen molar-refractivity contribution in [3.05, 3.63) is 88.4 Å². The molecule has 0 amide bonds. The Balaban J connectivity index is 0.00000192. The molecule has 0 aliphatic heterocycles. The maximum atomic E-state index is 3.79. The average Bonchev–Trinajstić information content (AvgIpc) is 2.55. The van der Waals surface area contributed by atoms with Gasteiger partial charge in [0, 0.05) is 12.9 Å². The summed E-state index contributed by atoms with van der Waals surface area (Å²) in [6.07, 6.45) is 0. The van der Waals surface area contributed by atoms with Gasteiger partial charge >= 0.3 is 0 Å². The number of hydrogen-bond donors (Lipinski definition) is 0. The van der Waals surface area contributed by atoms with Gasteiger partial charge in [-0.05, 0) is 60.9 Å². The Kier molecular flexibility index (Phi) is 6.21. The lowest BCUT2D eigenvalue weighted by Gasteiger charge is -2.21. The Bertz CT molecular complexity index is 733. The van der Waals surface area contributed by atoms with Crippen LogP contribution in [0.2, 0.25) is 0 Å². The third-order valence-corrected chi connectivity index (χ3v) is 7.28. The summed E-state index contributed by atoms with van der Waals surface area (Å²) in [5, 5.41) is 4.15. The first-order chi connectivity index (χ1) is 10.7. The zero-order valence-corrected chi connectivity index (χ0v) is 15.8. The molecule has 113 valence electrons. The molecule has 23 heavy (non-hydrogen) atoms. The van der Waals surface area contributed by atoms with Gasteiger partial charge in [-0.1, -0.05) is 76.6 Å². The summed E-state index contributed by atoms with van der Waals surface area (Å²) in [6, 6.07) is 26.2. The van der Waals surface area contributed by atoms with Gasteiger partial charge in [0.05, 0.1) is 0 Å². The van der Waals surface area contributed by atoms with Crippen LogP contribution in [0.5, 0.6) is 0 Å². The van der Waals surface area contributed by atoms with Crippen molar-refractivity contribution in [2.24, 2.45) is 0 Å². The Morgan fingerprint density at radius 1 is 0.696 bits per heavy atom. The summed E-state index contributed by atoms with van der Waals surface area (Å²) in [5.74, 6) is 0. The lowest BCUT2D eigenvalue weighted by atomic mass is 10.1. The summed E-state index contributed by atoms with van der Waals surface area (Å²) in [5.41, 5.74) is 2.67.